The largest absolute Gasteiger partial charge is 0.508 e. The van der Waals surface area contributed by atoms with E-state index in [-0.39, 0.29) is 24.4 Å². The van der Waals surface area contributed by atoms with Gasteiger partial charge in [-0.05, 0) is 110 Å². The zero-order chi connectivity index (χ0) is 30.7. The molecule has 4 rings (SSSR count). The summed E-state index contributed by atoms with van der Waals surface area (Å²) in [6.07, 6.45) is 4.04. The van der Waals surface area contributed by atoms with Gasteiger partial charge in [-0.3, -0.25) is 4.79 Å². The molecular weight excluding hydrogens is 555 g/mol. The number of benzene rings is 1. The van der Waals surface area contributed by atoms with Crippen molar-refractivity contribution in [1.29, 1.82) is 0 Å². The number of phenolic OH excluding ortho intramolecular Hbond substituents is 1. The molecule has 0 saturated heterocycles. The van der Waals surface area contributed by atoms with E-state index in [2.05, 4.69) is 13.0 Å². The third kappa shape index (κ3) is 7.24. The van der Waals surface area contributed by atoms with Crippen molar-refractivity contribution < 1.29 is 42.1 Å². The van der Waals surface area contributed by atoms with Crippen LogP contribution in [0.3, 0.4) is 0 Å². The second-order valence-corrected chi connectivity index (χ2v) is 13.6. The summed E-state index contributed by atoms with van der Waals surface area (Å²) in [6, 6.07) is 5.85. The Labute approximate surface area is 246 Å². The minimum atomic E-state index is -5.60. The van der Waals surface area contributed by atoms with Crippen molar-refractivity contribution in [2.24, 2.45) is 29.1 Å². The molecule has 0 amide bonds. The van der Waals surface area contributed by atoms with E-state index >= 15 is 0 Å². The Morgan fingerprint density at radius 3 is 2.33 bits per heavy atom. The molecule has 0 aliphatic heterocycles. The van der Waals surface area contributed by atoms with E-state index in [0.29, 0.717) is 35.8 Å². The standard InChI is InChI=1S/C33H47F5O4/c1-31-18-16-26-25-13-12-24(39)20-23(25)19-22(29(26)27(31)14-15-28(31)40)10-7-5-3-2-4-6-9-21(30(41)42)11-8-17-32(34,35)33(36,37)38/h12-13,20-22,26-29,39-40H,2-11,14-19H2,1H3,(H,41,42)/t21?,22-,26?,27?,28+,29?,31+/m1/s1. The van der Waals surface area contributed by atoms with E-state index in [1.807, 2.05) is 6.07 Å². The maximum atomic E-state index is 13.1. The highest BCUT2D eigenvalue weighted by Crippen LogP contribution is 2.62. The normalized spacial score (nSPS) is 29.9. The number of carboxylic acid groups (broad SMARTS) is 1. The number of rotatable bonds is 14. The molecule has 0 radical (unpaired) electrons. The van der Waals surface area contributed by atoms with Crippen molar-refractivity contribution in [2.45, 2.75) is 134 Å². The first-order valence-corrected chi connectivity index (χ1v) is 15.9. The molecule has 1 aromatic rings. The second kappa shape index (κ2) is 13.4. The van der Waals surface area contributed by atoms with Gasteiger partial charge in [0, 0.05) is 6.42 Å². The van der Waals surface area contributed by atoms with Crippen LogP contribution in [-0.4, -0.2) is 39.5 Å². The van der Waals surface area contributed by atoms with Crippen molar-refractivity contribution >= 4 is 5.97 Å². The molecule has 7 atom stereocenters. The van der Waals surface area contributed by atoms with Crippen LogP contribution in [0.4, 0.5) is 22.0 Å². The lowest BCUT2D eigenvalue weighted by atomic mass is 9.52. The molecule has 3 aliphatic carbocycles. The summed E-state index contributed by atoms with van der Waals surface area (Å²) in [7, 11) is 0. The predicted molar refractivity (Wildman–Crippen MR) is 151 cm³/mol. The Hall–Kier alpha value is -1.90. The SMILES string of the molecule is C[C@]12CCC3c4ccc(O)cc4C[C@@H](CCCCCCCCC(CCCC(F)(F)C(F)(F)F)C(=O)O)C3C1CC[C@@H]2O. The molecule has 0 spiro atoms. The van der Waals surface area contributed by atoms with Crippen LogP contribution in [-0.2, 0) is 11.2 Å². The molecule has 1 aromatic carbocycles. The Balaban J connectivity index is 1.21. The second-order valence-electron chi connectivity index (χ2n) is 13.6. The number of fused-ring (bicyclic) bond motifs is 5. The van der Waals surface area contributed by atoms with Crippen molar-refractivity contribution in [3.05, 3.63) is 29.3 Å². The number of hydrogen-bond donors (Lipinski definition) is 3. The highest BCUT2D eigenvalue weighted by molar-refractivity contribution is 5.69. The summed E-state index contributed by atoms with van der Waals surface area (Å²) in [4.78, 5) is 11.5. The number of carboxylic acids is 1. The van der Waals surface area contributed by atoms with E-state index in [0.717, 1.165) is 70.6 Å². The number of unbranched alkanes of at least 4 members (excludes halogenated alkanes) is 5. The quantitative estimate of drug-likeness (QED) is 0.147. The molecule has 2 saturated carbocycles. The number of carbonyl (C=O) groups is 1. The molecule has 4 nitrogen and oxygen atoms in total. The van der Waals surface area contributed by atoms with Gasteiger partial charge in [-0.1, -0.05) is 51.5 Å². The Morgan fingerprint density at radius 2 is 1.64 bits per heavy atom. The fraction of sp³-hybridized carbons (Fsp3) is 0.788. The van der Waals surface area contributed by atoms with Gasteiger partial charge in [0.15, 0.2) is 0 Å². The minimum absolute atomic E-state index is 0.0130. The summed E-state index contributed by atoms with van der Waals surface area (Å²) >= 11 is 0. The van der Waals surface area contributed by atoms with Crippen LogP contribution in [0.1, 0.15) is 120 Å². The molecule has 238 valence electrons. The summed E-state index contributed by atoms with van der Waals surface area (Å²) in [5.74, 6) is -4.46. The van der Waals surface area contributed by atoms with Crippen molar-refractivity contribution in [3.8, 4) is 5.75 Å². The van der Waals surface area contributed by atoms with E-state index in [4.69, 9.17) is 0 Å². The number of halogens is 5. The summed E-state index contributed by atoms with van der Waals surface area (Å²) in [5.41, 5.74) is 2.63. The molecule has 0 bridgehead atoms. The van der Waals surface area contributed by atoms with Gasteiger partial charge in [-0.15, -0.1) is 0 Å². The van der Waals surface area contributed by atoms with Crippen LogP contribution in [0.5, 0.6) is 5.75 Å². The van der Waals surface area contributed by atoms with Gasteiger partial charge in [-0.25, -0.2) is 0 Å². The molecule has 3 aliphatic rings. The first kappa shape index (κ1) is 33.0. The van der Waals surface area contributed by atoms with Crippen LogP contribution in [0.25, 0.3) is 0 Å². The summed E-state index contributed by atoms with van der Waals surface area (Å²) < 4.78 is 63.3. The van der Waals surface area contributed by atoms with E-state index < -0.39 is 36.8 Å². The average Bonchev–Trinajstić information content (AvgIpc) is 3.21. The zero-order valence-corrected chi connectivity index (χ0v) is 24.6. The van der Waals surface area contributed by atoms with Gasteiger partial charge in [0.25, 0.3) is 0 Å². The van der Waals surface area contributed by atoms with Gasteiger partial charge in [0.2, 0.25) is 0 Å². The lowest BCUT2D eigenvalue weighted by molar-refractivity contribution is -0.284. The monoisotopic (exact) mass is 602 g/mol. The summed E-state index contributed by atoms with van der Waals surface area (Å²) in [5, 5.41) is 30.4. The molecule has 4 unspecified atom stereocenters. The number of alkyl halides is 5. The van der Waals surface area contributed by atoms with Gasteiger partial charge in [0.05, 0.1) is 12.0 Å². The fourth-order valence-corrected chi connectivity index (χ4v) is 8.64. The molecule has 0 heterocycles. The minimum Gasteiger partial charge on any atom is -0.508 e. The number of aromatic hydroxyl groups is 1. The molecule has 9 heteroatoms. The predicted octanol–water partition coefficient (Wildman–Crippen LogP) is 9.02. The fourth-order valence-electron chi connectivity index (χ4n) is 8.64. The van der Waals surface area contributed by atoms with Crippen LogP contribution in [0, 0.1) is 29.1 Å². The maximum Gasteiger partial charge on any atom is 0.453 e. The topological polar surface area (TPSA) is 77.8 Å². The Kier molecular flexibility index (Phi) is 10.5. The van der Waals surface area contributed by atoms with Crippen LogP contribution >= 0.6 is 0 Å². The van der Waals surface area contributed by atoms with Crippen LogP contribution in [0.15, 0.2) is 18.2 Å². The Bertz CT molecular complexity index is 1060. The van der Waals surface area contributed by atoms with Crippen LogP contribution in [0.2, 0.25) is 0 Å². The smallest absolute Gasteiger partial charge is 0.453 e. The van der Waals surface area contributed by atoms with E-state index in [1.54, 1.807) is 6.07 Å². The highest BCUT2D eigenvalue weighted by atomic mass is 19.4. The maximum absolute atomic E-state index is 13.1. The van der Waals surface area contributed by atoms with Gasteiger partial charge < -0.3 is 15.3 Å². The van der Waals surface area contributed by atoms with Crippen molar-refractivity contribution in [3.63, 3.8) is 0 Å². The molecule has 42 heavy (non-hydrogen) atoms. The number of phenols is 1. The average molecular weight is 603 g/mol. The third-order valence-corrected chi connectivity index (χ3v) is 11.0. The number of aliphatic hydroxyl groups excluding tert-OH is 1. The van der Waals surface area contributed by atoms with Gasteiger partial charge >= 0.3 is 18.1 Å². The first-order chi connectivity index (χ1) is 19.7. The Morgan fingerprint density at radius 1 is 0.976 bits per heavy atom. The zero-order valence-electron chi connectivity index (χ0n) is 24.6. The lowest BCUT2D eigenvalue weighted by Crippen LogP contribution is -2.47. The van der Waals surface area contributed by atoms with Gasteiger partial charge in [-0.2, -0.15) is 22.0 Å². The van der Waals surface area contributed by atoms with Crippen LogP contribution < -0.4 is 0 Å². The molecular formula is C33H47F5O4. The third-order valence-electron chi connectivity index (χ3n) is 11.0. The van der Waals surface area contributed by atoms with Gasteiger partial charge in [0.1, 0.15) is 5.75 Å². The summed E-state index contributed by atoms with van der Waals surface area (Å²) in [6.45, 7) is 2.28. The lowest BCUT2D eigenvalue weighted by Gasteiger charge is -2.53. The van der Waals surface area contributed by atoms with Crippen molar-refractivity contribution in [1.82, 2.24) is 0 Å². The van der Waals surface area contributed by atoms with Crippen molar-refractivity contribution in [2.75, 3.05) is 0 Å². The number of aliphatic carboxylic acids is 1. The first-order valence-electron chi connectivity index (χ1n) is 15.9. The highest BCUT2D eigenvalue weighted by Gasteiger charge is 2.57. The molecule has 3 N–H and O–H groups in total. The molecule has 2 fully saturated rings. The molecule has 0 aromatic heterocycles. The number of hydrogen-bond acceptors (Lipinski definition) is 3. The van der Waals surface area contributed by atoms with E-state index in [1.165, 1.54) is 11.1 Å². The van der Waals surface area contributed by atoms with E-state index in [9.17, 15) is 42.1 Å². The number of aliphatic hydroxyl groups is 1.